The molecule has 7 heteroatoms. The SMILES string of the molecule is COCC1=CCN(S(=O)(=O)c2cc(CO)ccc2Cl)CC1. The van der Waals surface area contributed by atoms with Crippen LogP contribution in [-0.2, 0) is 21.4 Å². The molecule has 1 aliphatic heterocycles. The minimum atomic E-state index is -3.66. The highest BCUT2D eigenvalue weighted by molar-refractivity contribution is 7.89. The molecule has 0 bridgehead atoms. The lowest BCUT2D eigenvalue weighted by Crippen LogP contribution is -2.35. The molecule has 0 aromatic heterocycles. The van der Waals surface area contributed by atoms with Crippen molar-refractivity contribution in [3.63, 3.8) is 0 Å². The summed E-state index contributed by atoms with van der Waals surface area (Å²) in [4.78, 5) is 0.0410. The monoisotopic (exact) mass is 331 g/mol. The summed E-state index contributed by atoms with van der Waals surface area (Å²) in [5, 5.41) is 9.31. The van der Waals surface area contributed by atoms with Crippen molar-refractivity contribution in [2.75, 3.05) is 26.8 Å². The van der Waals surface area contributed by atoms with Crippen LogP contribution in [0.4, 0.5) is 0 Å². The Morgan fingerprint density at radius 3 is 2.76 bits per heavy atom. The van der Waals surface area contributed by atoms with Crippen molar-refractivity contribution in [3.05, 3.63) is 40.4 Å². The number of methoxy groups -OCH3 is 1. The second-order valence-corrected chi connectivity index (χ2v) is 7.14. The average Bonchev–Trinajstić information content (AvgIpc) is 2.48. The van der Waals surface area contributed by atoms with Crippen molar-refractivity contribution < 1.29 is 18.3 Å². The Morgan fingerprint density at radius 1 is 1.43 bits per heavy atom. The summed E-state index contributed by atoms with van der Waals surface area (Å²) < 4.78 is 31.7. The Hall–Kier alpha value is -0.920. The highest BCUT2D eigenvalue weighted by Gasteiger charge is 2.28. The van der Waals surface area contributed by atoms with Gasteiger partial charge in [-0.3, -0.25) is 0 Å². The molecule has 1 aliphatic rings. The smallest absolute Gasteiger partial charge is 0.244 e. The number of aliphatic hydroxyl groups is 1. The molecule has 0 spiro atoms. The number of nitrogens with zero attached hydrogens (tertiary/aromatic N) is 1. The van der Waals surface area contributed by atoms with Gasteiger partial charge in [0.2, 0.25) is 10.0 Å². The molecule has 0 saturated heterocycles. The summed E-state index contributed by atoms with van der Waals surface area (Å²) in [7, 11) is -2.04. The molecule has 0 atom stereocenters. The number of sulfonamides is 1. The first kappa shape index (κ1) is 16.5. The summed E-state index contributed by atoms with van der Waals surface area (Å²) in [5.74, 6) is 0. The van der Waals surface area contributed by atoms with E-state index in [0.717, 1.165) is 5.57 Å². The van der Waals surface area contributed by atoms with E-state index in [0.29, 0.717) is 31.7 Å². The molecule has 0 amide bonds. The fraction of sp³-hybridized carbons (Fsp3) is 0.429. The molecule has 21 heavy (non-hydrogen) atoms. The van der Waals surface area contributed by atoms with E-state index >= 15 is 0 Å². The largest absolute Gasteiger partial charge is 0.392 e. The summed E-state index contributed by atoms with van der Waals surface area (Å²) in [6.45, 7) is 1.00. The van der Waals surface area contributed by atoms with E-state index in [9.17, 15) is 8.42 Å². The summed E-state index contributed by atoms with van der Waals surface area (Å²) in [6, 6.07) is 4.52. The lowest BCUT2D eigenvalue weighted by atomic mass is 10.1. The van der Waals surface area contributed by atoms with E-state index in [1.165, 1.54) is 16.4 Å². The van der Waals surface area contributed by atoms with Gasteiger partial charge in [-0.05, 0) is 29.7 Å². The number of aliphatic hydroxyl groups excluding tert-OH is 1. The van der Waals surface area contributed by atoms with Crippen molar-refractivity contribution in [2.45, 2.75) is 17.9 Å². The van der Waals surface area contributed by atoms with E-state index in [1.54, 1.807) is 13.2 Å². The second kappa shape index (κ2) is 6.89. The fourth-order valence-electron chi connectivity index (χ4n) is 2.21. The number of hydrogen-bond donors (Lipinski definition) is 1. The summed E-state index contributed by atoms with van der Waals surface area (Å²) in [5.41, 5.74) is 1.62. The zero-order valence-corrected chi connectivity index (χ0v) is 13.3. The minimum Gasteiger partial charge on any atom is -0.392 e. The predicted molar refractivity (Wildman–Crippen MR) is 80.7 cm³/mol. The highest BCUT2D eigenvalue weighted by Crippen LogP contribution is 2.27. The molecule has 0 unspecified atom stereocenters. The van der Waals surface area contributed by atoms with Crippen LogP contribution >= 0.6 is 11.6 Å². The molecule has 1 aromatic carbocycles. The molecular formula is C14H18ClNO4S. The van der Waals surface area contributed by atoms with Gasteiger partial charge >= 0.3 is 0 Å². The first-order chi connectivity index (χ1) is 9.98. The molecule has 116 valence electrons. The average molecular weight is 332 g/mol. The maximum atomic E-state index is 12.6. The van der Waals surface area contributed by atoms with Gasteiger partial charge in [-0.2, -0.15) is 4.31 Å². The van der Waals surface area contributed by atoms with E-state index in [-0.39, 0.29) is 16.5 Å². The predicted octanol–water partition coefficient (Wildman–Crippen LogP) is 1.80. The number of hydrogen-bond acceptors (Lipinski definition) is 4. The van der Waals surface area contributed by atoms with Crippen molar-refractivity contribution >= 4 is 21.6 Å². The van der Waals surface area contributed by atoms with E-state index in [1.807, 2.05) is 6.08 Å². The van der Waals surface area contributed by atoms with Crippen LogP contribution in [0.2, 0.25) is 5.02 Å². The van der Waals surface area contributed by atoms with Crippen molar-refractivity contribution in [2.24, 2.45) is 0 Å². The highest BCUT2D eigenvalue weighted by atomic mass is 35.5. The molecule has 0 aliphatic carbocycles. The van der Waals surface area contributed by atoms with E-state index in [2.05, 4.69) is 0 Å². The standard InChI is InChI=1S/C14H18ClNO4S/c1-20-10-11-4-6-16(7-5-11)21(18,19)14-8-12(9-17)2-3-13(14)15/h2-4,8,17H,5-7,9-10H2,1H3. The molecule has 0 fully saturated rings. The first-order valence-electron chi connectivity index (χ1n) is 6.55. The lowest BCUT2D eigenvalue weighted by molar-refractivity contribution is 0.219. The molecule has 2 rings (SSSR count). The molecule has 1 N–H and O–H groups in total. The van der Waals surface area contributed by atoms with Gasteiger partial charge in [-0.15, -0.1) is 0 Å². The molecule has 5 nitrogen and oxygen atoms in total. The van der Waals surface area contributed by atoms with E-state index in [4.69, 9.17) is 21.4 Å². The fourth-order valence-corrected chi connectivity index (χ4v) is 4.12. The van der Waals surface area contributed by atoms with Crippen molar-refractivity contribution in [1.82, 2.24) is 4.31 Å². The van der Waals surface area contributed by atoms with Gasteiger partial charge in [0.1, 0.15) is 4.90 Å². The third kappa shape index (κ3) is 3.64. The van der Waals surface area contributed by atoms with Crippen LogP contribution in [0.15, 0.2) is 34.7 Å². The maximum Gasteiger partial charge on any atom is 0.244 e. The quantitative estimate of drug-likeness (QED) is 0.835. The van der Waals surface area contributed by atoms with Crippen LogP contribution in [-0.4, -0.2) is 44.6 Å². The zero-order chi connectivity index (χ0) is 15.5. The second-order valence-electron chi connectivity index (χ2n) is 4.83. The Labute approximate surface area is 129 Å². The number of benzene rings is 1. The number of halogens is 1. The van der Waals surface area contributed by atoms with Gasteiger partial charge in [0.25, 0.3) is 0 Å². The van der Waals surface area contributed by atoms with Gasteiger partial charge in [0.05, 0.1) is 18.2 Å². The molecular weight excluding hydrogens is 314 g/mol. The topological polar surface area (TPSA) is 66.8 Å². The molecule has 0 radical (unpaired) electrons. The number of rotatable bonds is 5. The molecule has 1 heterocycles. The van der Waals surface area contributed by atoms with Crippen LogP contribution in [0.1, 0.15) is 12.0 Å². The lowest BCUT2D eigenvalue weighted by Gasteiger charge is -2.26. The summed E-state index contributed by atoms with van der Waals surface area (Å²) in [6.07, 6.45) is 2.51. The van der Waals surface area contributed by atoms with E-state index < -0.39 is 10.0 Å². The third-order valence-corrected chi connectivity index (χ3v) is 5.74. The Kier molecular flexibility index (Phi) is 5.40. The summed E-state index contributed by atoms with van der Waals surface area (Å²) >= 11 is 6.01. The van der Waals surface area contributed by atoms with Crippen molar-refractivity contribution in [3.8, 4) is 0 Å². The zero-order valence-electron chi connectivity index (χ0n) is 11.8. The van der Waals surface area contributed by atoms with Gasteiger partial charge in [0.15, 0.2) is 0 Å². The van der Waals surface area contributed by atoms with Crippen molar-refractivity contribution in [1.29, 1.82) is 0 Å². The van der Waals surface area contributed by atoms with Crippen LogP contribution in [0.25, 0.3) is 0 Å². The molecule has 1 aromatic rings. The third-order valence-electron chi connectivity index (χ3n) is 3.39. The van der Waals surface area contributed by atoms with Crippen LogP contribution in [0.3, 0.4) is 0 Å². The van der Waals surface area contributed by atoms with Gasteiger partial charge in [-0.1, -0.05) is 23.7 Å². The van der Waals surface area contributed by atoms with Crippen LogP contribution < -0.4 is 0 Å². The van der Waals surface area contributed by atoms with Crippen LogP contribution in [0, 0.1) is 0 Å². The normalized spacial score (nSPS) is 16.8. The Balaban J connectivity index is 2.27. The Bertz CT molecular complexity index is 642. The first-order valence-corrected chi connectivity index (χ1v) is 8.37. The maximum absolute atomic E-state index is 12.6. The van der Waals surface area contributed by atoms with Gasteiger partial charge < -0.3 is 9.84 Å². The Morgan fingerprint density at radius 2 is 2.19 bits per heavy atom. The van der Waals surface area contributed by atoms with Crippen LogP contribution in [0.5, 0.6) is 0 Å². The van der Waals surface area contributed by atoms with Gasteiger partial charge in [-0.25, -0.2) is 8.42 Å². The molecule has 0 saturated carbocycles. The number of ether oxygens (including phenoxy) is 1. The minimum absolute atomic E-state index is 0.0410. The van der Waals surface area contributed by atoms with Gasteiger partial charge in [0, 0.05) is 20.2 Å².